The maximum absolute atomic E-state index is 12.8. The van der Waals surface area contributed by atoms with Gasteiger partial charge in [0.2, 0.25) is 16.8 Å². The smallest absolute Gasteiger partial charge is 0.371 e. The van der Waals surface area contributed by atoms with Gasteiger partial charge in [0.15, 0.2) is 0 Å². The van der Waals surface area contributed by atoms with E-state index in [0.717, 1.165) is 42.1 Å². The van der Waals surface area contributed by atoms with Gasteiger partial charge in [0.1, 0.15) is 6.04 Å². The van der Waals surface area contributed by atoms with E-state index in [-0.39, 0.29) is 17.9 Å². The summed E-state index contributed by atoms with van der Waals surface area (Å²) in [5, 5.41) is 11.4. The standard InChI is InChI=1S/C17H24N2O6S/c1-2-7-17(8-9-17)11-18-15(20)12-4-3-10-19(12)26(23,24)14-6-5-13(25-14)16(21)22/h5-6,12H,2-4,7-11H2,1H3,(H,18,20)(H,21,22). The highest BCUT2D eigenvalue weighted by Gasteiger charge is 2.44. The van der Waals surface area contributed by atoms with E-state index in [2.05, 4.69) is 12.2 Å². The number of rotatable bonds is 8. The summed E-state index contributed by atoms with van der Waals surface area (Å²) in [4.78, 5) is 23.5. The third-order valence-corrected chi connectivity index (χ3v) is 7.02. The van der Waals surface area contributed by atoms with Crippen LogP contribution in [0.25, 0.3) is 0 Å². The molecule has 1 aromatic heterocycles. The molecule has 0 radical (unpaired) electrons. The zero-order valence-electron chi connectivity index (χ0n) is 14.7. The highest BCUT2D eigenvalue weighted by molar-refractivity contribution is 7.89. The number of carbonyl (C=O) groups is 2. The minimum atomic E-state index is -4.05. The number of carbonyl (C=O) groups excluding carboxylic acids is 1. The molecule has 2 N–H and O–H groups in total. The Bertz CT molecular complexity index is 796. The molecule has 1 saturated carbocycles. The minimum Gasteiger partial charge on any atom is -0.475 e. The van der Waals surface area contributed by atoms with Gasteiger partial charge in [-0.15, -0.1) is 0 Å². The van der Waals surface area contributed by atoms with Crippen LogP contribution in [-0.2, 0) is 14.8 Å². The fourth-order valence-electron chi connectivity index (χ4n) is 3.59. The Labute approximate surface area is 152 Å². The fraction of sp³-hybridized carbons (Fsp3) is 0.647. The zero-order chi connectivity index (χ0) is 18.9. The summed E-state index contributed by atoms with van der Waals surface area (Å²) in [6.07, 6.45) is 5.33. The Hall–Kier alpha value is -1.87. The Balaban J connectivity index is 1.70. The van der Waals surface area contributed by atoms with Gasteiger partial charge >= 0.3 is 5.97 Å². The van der Waals surface area contributed by atoms with E-state index < -0.39 is 32.9 Å². The zero-order valence-corrected chi connectivity index (χ0v) is 15.5. The molecule has 8 nitrogen and oxygen atoms in total. The molecule has 2 aliphatic rings. The van der Waals surface area contributed by atoms with E-state index in [0.29, 0.717) is 19.4 Å². The van der Waals surface area contributed by atoms with Crippen molar-refractivity contribution in [3.63, 3.8) is 0 Å². The Morgan fingerprint density at radius 2 is 2.12 bits per heavy atom. The third-order valence-electron chi connectivity index (χ3n) is 5.24. The lowest BCUT2D eigenvalue weighted by Gasteiger charge is -2.23. The van der Waals surface area contributed by atoms with Crippen molar-refractivity contribution in [3.05, 3.63) is 17.9 Å². The summed E-state index contributed by atoms with van der Waals surface area (Å²) in [5.41, 5.74) is 0.185. The predicted molar refractivity (Wildman–Crippen MR) is 92.2 cm³/mol. The van der Waals surface area contributed by atoms with Crippen LogP contribution in [0.15, 0.2) is 21.6 Å². The third kappa shape index (κ3) is 3.64. The van der Waals surface area contributed by atoms with Gasteiger partial charge in [0.25, 0.3) is 10.0 Å². The Morgan fingerprint density at radius 1 is 1.38 bits per heavy atom. The molecule has 1 saturated heterocycles. The summed E-state index contributed by atoms with van der Waals surface area (Å²) in [6, 6.07) is 1.44. The highest BCUT2D eigenvalue weighted by Crippen LogP contribution is 2.49. The molecule has 2 heterocycles. The molecule has 0 spiro atoms. The summed E-state index contributed by atoms with van der Waals surface area (Å²) in [6.45, 7) is 2.90. The first-order valence-electron chi connectivity index (χ1n) is 8.92. The Morgan fingerprint density at radius 3 is 2.69 bits per heavy atom. The van der Waals surface area contributed by atoms with Gasteiger partial charge in [-0.1, -0.05) is 13.3 Å². The average Bonchev–Trinajstić information content (AvgIpc) is 3.05. The van der Waals surface area contributed by atoms with Crippen LogP contribution in [0.2, 0.25) is 0 Å². The molecular weight excluding hydrogens is 360 g/mol. The normalized spacial score (nSPS) is 22.3. The fourth-order valence-corrected chi connectivity index (χ4v) is 5.17. The second-order valence-electron chi connectivity index (χ2n) is 7.17. The summed E-state index contributed by atoms with van der Waals surface area (Å²) >= 11 is 0. The van der Waals surface area contributed by atoms with Gasteiger partial charge in [0.05, 0.1) is 0 Å². The predicted octanol–water partition coefficient (Wildman–Crippen LogP) is 1.83. The van der Waals surface area contributed by atoms with Gasteiger partial charge < -0.3 is 14.8 Å². The maximum Gasteiger partial charge on any atom is 0.371 e. The number of sulfonamides is 1. The van der Waals surface area contributed by atoms with Crippen LogP contribution in [0.1, 0.15) is 56.0 Å². The van der Waals surface area contributed by atoms with Crippen molar-refractivity contribution in [3.8, 4) is 0 Å². The van der Waals surface area contributed by atoms with Gasteiger partial charge in [0, 0.05) is 13.1 Å². The molecule has 0 aromatic carbocycles. The van der Waals surface area contributed by atoms with Crippen molar-refractivity contribution in [2.45, 2.75) is 56.6 Å². The van der Waals surface area contributed by atoms with Crippen molar-refractivity contribution in [2.24, 2.45) is 5.41 Å². The number of nitrogens with one attached hydrogen (secondary N) is 1. The number of carboxylic acid groups (broad SMARTS) is 1. The van der Waals surface area contributed by atoms with Crippen LogP contribution in [-0.4, -0.2) is 48.8 Å². The molecule has 1 atom stereocenters. The van der Waals surface area contributed by atoms with Gasteiger partial charge in [-0.05, 0) is 49.7 Å². The van der Waals surface area contributed by atoms with Crippen LogP contribution in [0, 0.1) is 5.41 Å². The molecule has 2 fully saturated rings. The molecule has 1 aromatic rings. The number of carboxylic acids is 1. The quantitative estimate of drug-likeness (QED) is 0.706. The summed E-state index contributed by atoms with van der Waals surface area (Å²) < 4.78 is 31.6. The molecule has 3 rings (SSSR count). The first-order chi connectivity index (χ1) is 12.3. The second-order valence-corrected chi connectivity index (χ2v) is 8.99. The van der Waals surface area contributed by atoms with Crippen LogP contribution in [0.3, 0.4) is 0 Å². The SMILES string of the molecule is CCCC1(CNC(=O)C2CCCN2S(=O)(=O)c2ccc(C(=O)O)o2)CC1. The largest absolute Gasteiger partial charge is 0.475 e. The van der Waals surface area contributed by atoms with Crippen LogP contribution < -0.4 is 5.32 Å². The lowest BCUT2D eigenvalue weighted by Crippen LogP contribution is -2.47. The maximum atomic E-state index is 12.8. The van der Waals surface area contributed by atoms with E-state index in [1.54, 1.807) is 0 Å². The van der Waals surface area contributed by atoms with Crippen LogP contribution in [0.4, 0.5) is 0 Å². The summed E-state index contributed by atoms with van der Waals surface area (Å²) in [7, 11) is -4.05. The van der Waals surface area contributed by atoms with Crippen molar-refractivity contribution in [1.29, 1.82) is 0 Å². The first kappa shape index (κ1) is 18.9. The summed E-state index contributed by atoms with van der Waals surface area (Å²) in [5.74, 6) is -2.08. The van der Waals surface area contributed by atoms with Gasteiger partial charge in [-0.2, -0.15) is 4.31 Å². The van der Waals surface area contributed by atoms with Crippen molar-refractivity contribution < 1.29 is 27.5 Å². The van der Waals surface area contributed by atoms with Crippen molar-refractivity contribution in [2.75, 3.05) is 13.1 Å². The monoisotopic (exact) mass is 384 g/mol. The molecule has 0 bridgehead atoms. The number of amides is 1. The number of hydrogen-bond acceptors (Lipinski definition) is 5. The molecule has 1 aliphatic carbocycles. The first-order valence-corrected chi connectivity index (χ1v) is 10.4. The molecule has 1 amide bonds. The number of hydrogen-bond donors (Lipinski definition) is 2. The molecule has 9 heteroatoms. The molecular formula is C17H24N2O6S. The van der Waals surface area contributed by atoms with E-state index in [9.17, 15) is 18.0 Å². The molecule has 26 heavy (non-hydrogen) atoms. The minimum absolute atomic E-state index is 0.185. The lowest BCUT2D eigenvalue weighted by molar-refractivity contribution is -0.124. The van der Waals surface area contributed by atoms with Gasteiger partial charge in [-0.25, -0.2) is 13.2 Å². The van der Waals surface area contributed by atoms with Crippen molar-refractivity contribution >= 4 is 21.9 Å². The van der Waals surface area contributed by atoms with E-state index >= 15 is 0 Å². The number of nitrogens with zero attached hydrogens (tertiary/aromatic N) is 1. The van der Waals surface area contributed by atoms with E-state index in [1.165, 1.54) is 0 Å². The molecule has 144 valence electrons. The molecule has 1 unspecified atom stereocenters. The Kier molecular flexibility index (Phi) is 5.12. The average molecular weight is 384 g/mol. The van der Waals surface area contributed by atoms with Gasteiger partial charge in [-0.3, -0.25) is 4.79 Å². The second kappa shape index (κ2) is 7.03. The van der Waals surface area contributed by atoms with Crippen LogP contribution in [0.5, 0.6) is 0 Å². The number of furan rings is 1. The van der Waals surface area contributed by atoms with E-state index in [1.807, 2.05) is 0 Å². The molecule has 1 aliphatic heterocycles. The highest BCUT2D eigenvalue weighted by atomic mass is 32.2. The van der Waals surface area contributed by atoms with Crippen molar-refractivity contribution in [1.82, 2.24) is 9.62 Å². The lowest BCUT2D eigenvalue weighted by atomic mass is 10.0. The topological polar surface area (TPSA) is 117 Å². The van der Waals surface area contributed by atoms with Crippen LogP contribution >= 0.6 is 0 Å². The van der Waals surface area contributed by atoms with E-state index in [4.69, 9.17) is 9.52 Å². The number of aromatic carboxylic acids is 1.